The maximum absolute atomic E-state index is 12.5. The van der Waals surface area contributed by atoms with E-state index >= 15 is 0 Å². The van der Waals surface area contributed by atoms with Crippen LogP contribution < -0.4 is 5.56 Å². The summed E-state index contributed by atoms with van der Waals surface area (Å²) in [4.78, 5) is 29.8. The standard InChI is InChI=1S/C17H16N2O2S/c1-10-6-12(3)14(7-11(10)2)15(20)8-19-9-18-16-13(17(19)21)4-5-22-16/h4-7,9H,8H2,1-3H3. The summed E-state index contributed by atoms with van der Waals surface area (Å²) < 4.78 is 1.38. The van der Waals surface area contributed by atoms with Crippen LogP contribution in [0.5, 0.6) is 0 Å². The first-order valence-corrected chi connectivity index (χ1v) is 7.89. The number of thiophene rings is 1. The van der Waals surface area contributed by atoms with Crippen LogP contribution in [0.1, 0.15) is 27.0 Å². The molecule has 0 radical (unpaired) electrons. The topological polar surface area (TPSA) is 52.0 Å². The Morgan fingerprint density at radius 2 is 1.91 bits per heavy atom. The largest absolute Gasteiger partial charge is 0.292 e. The van der Waals surface area contributed by atoms with Gasteiger partial charge in [0.1, 0.15) is 4.83 Å². The van der Waals surface area contributed by atoms with E-state index in [0.717, 1.165) is 16.7 Å². The molecule has 0 bridgehead atoms. The molecule has 0 saturated carbocycles. The Labute approximate surface area is 132 Å². The molecule has 2 aromatic heterocycles. The van der Waals surface area contributed by atoms with Gasteiger partial charge in [-0.05, 0) is 55.0 Å². The summed E-state index contributed by atoms with van der Waals surface area (Å²) in [5.74, 6) is -0.0703. The molecule has 1 aromatic carbocycles. The quantitative estimate of drug-likeness (QED) is 0.698. The van der Waals surface area contributed by atoms with Crippen LogP contribution in [0.15, 0.2) is 34.7 Å². The van der Waals surface area contributed by atoms with E-state index in [1.807, 2.05) is 38.3 Å². The lowest BCUT2D eigenvalue weighted by molar-refractivity contribution is 0.0970. The van der Waals surface area contributed by atoms with Gasteiger partial charge < -0.3 is 0 Å². The van der Waals surface area contributed by atoms with Crippen LogP contribution in [0.3, 0.4) is 0 Å². The van der Waals surface area contributed by atoms with E-state index < -0.39 is 0 Å². The predicted octanol–water partition coefficient (Wildman–Crippen LogP) is 3.27. The fourth-order valence-corrected chi connectivity index (χ4v) is 3.23. The predicted molar refractivity (Wildman–Crippen MR) is 88.9 cm³/mol. The fourth-order valence-electron chi connectivity index (χ4n) is 2.51. The molecule has 0 fully saturated rings. The lowest BCUT2D eigenvalue weighted by Crippen LogP contribution is -2.24. The van der Waals surface area contributed by atoms with Gasteiger partial charge in [-0.15, -0.1) is 11.3 Å². The molecule has 0 unspecified atom stereocenters. The van der Waals surface area contributed by atoms with Crippen molar-refractivity contribution < 1.29 is 4.79 Å². The van der Waals surface area contributed by atoms with Gasteiger partial charge in [0, 0.05) is 5.56 Å². The molecule has 0 atom stereocenters. The minimum Gasteiger partial charge on any atom is -0.292 e. The van der Waals surface area contributed by atoms with Gasteiger partial charge in [0.2, 0.25) is 0 Å². The summed E-state index contributed by atoms with van der Waals surface area (Å²) in [6.07, 6.45) is 1.45. The monoisotopic (exact) mass is 312 g/mol. The van der Waals surface area contributed by atoms with Crippen molar-refractivity contribution in [3.05, 3.63) is 62.5 Å². The van der Waals surface area contributed by atoms with E-state index in [1.165, 1.54) is 22.2 Å². The van der Waals surface area contributed by atoms with E-state index in [9.17, 15) is 9.59 Å². The highest BCUT2D eigenvalue weighted by Crippen LogP contribution is 2.17. The number of aromatic nitrogens is 2. The van der Waals surface area contributed by atoms with Crippen LogP contribution in [0.4, 0.5) is 0 Å². The Morgan fingerprint density at radius 3 is 2.68 bits per heavy atom. The van der Waals surface area contributed by atoms with Crippen molar-refractivity contribution in [2.45, 2.75) is 27.3 Å². The molecule has 0 aliphatic carbocycles. The molecule has 3 aromatic rings. The van der Waals surface area contributed by atoms with E-state index in [4.69, 9.17) is 0 Å². The number of nitrogens with zero attached hydrogens (tertiary/aromatic N) is 2. The van der Waals surface area contributed by atoms with Crippen LogP contribution in [-0.4, -0.2) is 15.3 Å². The molecular formula is C17H16N2O2S. The second-order valence-corrected chi connectivity index (χ2v) is 6.39. The van der Waals surface area contributed by atoms with Gasteiger partial charge >= 0.3 is 0 Å². The molecule has 0 aliphatic rings. The average molecular weight is 312 g/mol. The van der Waals surface area contributed by atoms with Gasteiger partial charge in [-0.1, -0.05) is 6.07 Å². The lowest BCUT2D eigenvalue weighted by atomic mass is 9.98. The van der Waals surface area contributed by atoms with Crippen molar-refractivity contribution in [1.29, 1.82) is 0 Å². The summed E-state index contributed by atoms with van der Waals surface area (Å²) in [6, 6.07) is 5.65. The number of aryl methyl sites for hydroxylation is 3. The van der Waals surface area contributed by atoms with Crippen molar-refractivity contribution in [2.75, 3.05) is 0 Å². The van der Waals surface area contributed by atoms with Crippen LogP contribution in [0.2, 0.25) is 0 Å². The number of carbonyl (C=O) groups excluding carboxylic acids is 1. The Balaban J connectivity index is 1.98. The highest BCUT2D eigenvalue weighted by Gasteiger charge is 2.13. The highest BCUT2D eigenvalue weighted by molar-refractivity contribution is 7.16. The Hall–Kier alpha value is -2.27. The molecule has 0 amide bonds. The molecule has 112 valence electrons. The van der Waals surface area contributed by atoms with Gasteiger partial charge in [-0.2, -0.15) is 0 Å². The van der Waals surface area contributed by atoms with Crippen molar-refractivity contribution in [2.24, 2.45) is 0 Å². The van der Waals surface area contributed by atoms with Crippen LogP contribution >= 0.6 is 11.3 Å². The Bertz CT molecular complexity index is 937. The van der Waals surface area contributed by atoms with Crippen molar-refractivity contribution in [3.63, 3.8) is 0 Å². The van der Waals surface area contributed by atoms with E-state index in [1.54, 1.807) is 6.07 Å². The van der Waals surface area contributed by atoms with Gasteiger partial charge in [0.05, 0.1) is 18.3 Å². The summed E-state index contributed by atoms with van der Waals surface area (Å²) in [5.41, 5.74) is 3.67. The van der Waals surface area contributed by atoms with Gasteiger partial charge in [0.15, 0.2) is 5.78 Å². The smallest absolute Gasteiger partial charge is 0.262 e. The van der Waals surface area contributed by atoms with Crippen LogP contribution in [0, 0.1) is 20.8 Å². The number of rotatable bonds is 3. The third-order valence-electron chi connectivity index (χ3n) is 3.91. The number of benzene rings is 1. The van der Waals surface area contributed by atoms with Crippen LogP contribution in [0.25, 0.3) is 10.2 Å². The summed E-state index contributed by atoms with van der Waals surface area (Å²) in [7, 11) is 0. The molecule has 0 spiro atoms. The minimum absolute atomic E-state index is 0.0148. The third kappa shape index (κ3) is 2.48. The van der Waals surface area contributed by atoms with Crippen molar-refractivity contribution in [3.8, 4) is 0 Å². The first-order valence-electron chi connectivity index (χ1n) is 7.01. The zero-order chi connectivity index (χ0) is 15.9. The zero-order valence-corrected chi connectivity index (χ0v) is 13.5. The van der Waals surface area contributed by atoms with E-state index in [0.29, 0.717) is 15.8 Å². The summed E-state index contributed by atoms with van der Waals surface area (Å²) in [6.45, 7) is 5.94. The molecule has 2 heterocycles. The molecule has 22 heavy (non-hydrogen) atoms. The van der Waals surface area contributed by atoms with Crippen LogP contribution in [-0.2, 0) is 6.54 Å². The Morgan fingerprint density at radius 1 is 1.18 bits per heavy atom. The van der Waals surface area contributed by atoms with Gasteiger partial charge in [-0.25, -0.2) is 4.98 Å². The SMILES string of the molecule is Cc1cc(C)c(C(=O)Cn2cnc3sccc3c2=O)cc1C. The normalized spacial score (nSPS) is 11.0. The van der Waals surface area contributed by atoms with E-state index in [-0.39, 0.29) is 17.9 Å². The molecule has 5 heteroatoms. The molecule has 0 aliphatic heterocycles. The first kappa shape index (κ1) is 14.7. The minimum atomic E-state index is -0.166. The fraction of sp³-hybridized carbons (Fsp3) is 0.235. The van der Waals surface area contributed by atoms with Gasteiger partial charge in [-0.3, -0.25) is 14.2 Å². The van der Waals surface area contributed by atoms with E-state index in [2.05, 4.69) is 4.98 Å². The second-order valence-electron chi connectivity index (χ2n) is 5.49. The average Bonchev–Trinajstić information content (AvgIpc) is 2.95. The molecule has 0 saturated heterocycles. The Kier molecular flexibility index (Phi) is 3.66. The highest BCUT2D eigenvalue weighted by atomic mass is 32.1. The third-order valence-corrected chi connectivity index (χ3v) is 4.73. The number of fused-ring (bicyclic) bond motifs is 1. The lowest BCUT2D eigenvalue weighted by Gasteiger charge is -2.10. The maximum Gasteiger partial charge on any atom is 0.262 e. The molecule has 3 rings (SSSR count). The maximum atomic E-state index is 12.5. The number of Topliss-reactive ketones (excluding diaryl/α,β-unsaturated/α-hetero) is 1. The summed E-state index contributed by atoms with van der Waals surface area (Å²) in [5, 5.41) is 2.40. The number of ketones is 1. The van der Waals surface area contributed by atoms with Crippen molar-refractivity contribution >= 4 is 27.3 Å². The first-order chi connectivity index (χ1) is 10.5. The number of carbonyl (C=O) groups is 1. The molecule has 4 nitrogen and oxygen atoms in total. The summed E-state index contributed by atoms with van der Waals surface area (Å²) >= 11 is 1.42. The number of hydrogen-bond acceptors (Lipinski definition) is 4. The number of hydrogen-bond donors (Lipinski definition) is 0. The second kappa shape index (κ2) is 5.50. The molecule has 0 N–H and O–H groups in total. The zero-order valence-electron chi connectivity index (χ0n) is 12.7. The van der Waals surface area contributed by atoms with Crippen molar-refractivity contribution in [1.82, 2.24) is 9.55 Å². The molecular weight excluding hydrogens is 296 g/mol. The van der Waals surface area contributed by atoms with Gasteiger partial charge in [0.25, 0.3) is 5.56 Å².